The molecule has 1 aromatic carbocycles. The van der Waals surface area contributed by atoms with E-state index in [9.17, 15) is 9.59 Å². The number of hydrogen-bond acceptors (Lipinski definition) is 3. The summed E-state index contributed by atoms with van der Waals surface area (Å²) in [6.07, 6.45) is 0. The lowest BCUT2D eigenvalue weighted by atomic mass is 9.94. The van der Waals surface area contributed by atoms with Crippen LogP contribution in [0.5, 0.6) is 5.75 Å². The maximum Gasteiger partial charge on any atom is 0.321 e. The fourth-order valence-corrected chi connectivity index (χ4v) is 1.51. The number of nitrogens with one attached hydrogen (secondary N) is 1. The minimum atomic E-state index is -1.02. The summed E-state index contributed by atoms with van der Waals surface area (Å²) >= 11 is 0. The van der Waals surface area contributed by atoms with E-state index in [1.807, 2.05) is 6.07 Å². The number of methoxy groups -OCH3 is 1. The molecule has 20 heavy (non-hydrogen) atoms. The van der Waals surface area contributed by atoms with Crippen molar-refractivity contribution < 1.29 is 19.4 Å². The first-order valence-corrected chi connectivity index (χ1v) is 6.17. The van der Waals surface area contributed by atoms with Gasteiger partial charge in [0.25, 0.3) is 0 Å². The van der Waals surface area contributed by atoms with Gasteiger partial charge in [0.2, 0.25) is 0 Å². The Kier molecular flexibility index (Phi) is 4.96. The Hall–Kier alpha value is -2.24. The molecule has 0 saturated carbocycles. The maximum absolute atomic E-state index is 12.0. The van der Waals surface area contributed by atoms with Gasteiger partial charge in [-0.1, -0.05) is 12.1 Å². The minimum Gasteiger partial charge on any atom is -0.495 e. The Morgan fingerprint density at radius 1 is 1.35 bits per heavy atom. The number of urea groups is 1. The molecule has 0 atom stereocenters. The van der Waals surface area contributed by atoms with Gasteiger partial charge in [0.1, 0.15) is 5.75 Å². The second-order valence-corrected chi connectivity index (χ2v) is 5.08. The molecule has 0 heterocycles. The van der Waals surface area contributed by atoms with Crippen LogP contribution < -0.4 is 15.0 Å². The number of carbonyl (C=O) groups is 2. The topological polar surface area (TPSA) is 78.9 Å². The number of hydrogen-bond donors (Lipinski definition) is 2. The number of nitrogens with zero attached hydrogens (tertiary/aromatic N) is 1. The SMILES string of the molecule is COc1ccccc1N(C)C(=O)NCC(C)(C)C(=O)O. The molecule has 0 bridgehead atoms. The van der Waals surface area contributed by atoms with Crippen molar-refractivity contribution >= 4 is 17.7 Å². The molecule has 6 heteroatoms. The molecule has 2 amide bonds. The quantitative estimate of drug-likeness (QED) is 0.864. The van der Waals surface area contributed by atoms with Gasteiger partial charge in [-0.05, 0) is 26.0 Å². The first kappa shape index (κ1) is 15.8. The van der Waals surface area contributed by atoms with Crippen molar-refractivity contribution in [1.29, 1.82) is 0 Å². The number of amides is 2. The Morgan fingerprint density at radius 3 is 2.50 bits per heavy atom. The van der Waals surface area contributed by atoms with Crippen LogP contribution in [0.25, 0.3) is 0 Å². The molecule has 0 aliphatic rings. The van der Waals surface area contributed by atoms with Crippen LogP contribution in [-0.2, 0) is 4.79 Å². The van der Waals surface area contributed by atoms with Gasteiger partial charge >= 0.3 is 12.0 Å². The van der Waals surface area contributed by atoms with Gasteiger partial charge in [-0.25, -0.2) is 4.79 Å². The molecule has 1 rings (SSSR count). The van der Waals surface area contributed by atoms with Crippen LogP contribution in [0.4, 0.5) is 10.5 Å². The highest BCUT2D eigenvalue weighted by molar-refractivity contribution is 5.93. The van der Waals surface area contributed by atoms with Crippen LogP contribution in [-0.4, -0.2) is 37.8 Å². The van der Waals surface area contributed by atoms with E-state index in [-0.39, 0.29) is 12.6 Å². The van der Waals surface area contributed by atoms with Gasteiger partial charge in [0.15, 0.2) is 0 Å². The average molecular weight is 280 g/mol. The highest BCUT2D eigenvalue weighted by Gasteiger charge is 2.28. The number of carboxylic acids is 1. The monoisotopic (exact) mass is 280 g/mol. The molecule has 0 aromatic heterocycles. The lowest BCUT2D eigenvalue weighted by Gasteiger charge is -2.24. The zero-order valence-electron chi connectivity index (χ0n) is 12.1. The second kappa shape index (κ2) is 6.27. The molecule has 0 aliphatic carbocycles. The molecule has 0 saturated heterocycles. The van der Waals surface area contributed by atoms with Gasteiger partial charge in [-0.15, -0.1) is 0 Å². The fraction of sp³-hybridized carbons (Fsp3) is 0.429. The molecule has 0 spiro atoms. The third-order valence-corrected chi connectivity index (χ3v) is 3.01. The minimum absolute atomic E-state index is 0.0423. The van der Waals surface area contributed by atoms with Crippen LogP contribution in [0.1, 0.15) is 13.8 Å². The Bertz CT molecular complexity index is 500. The third kappa shape index (κ3) is 3.63. The predicted octanol–water partition coefficient (Wildman–Crippen LogP) is 1.95. The van der Waals surface area contributed by atoms with Crippen molar-refractivity contribution in [3.8, 4) is 5.75 Å². The van der Waals surface area contributed by atoms with Crippen molar-refractivity contribution in [3.05, 3.63) is 24.3 Å². The van der Waals surface area contributed by atoms with Crippen molar-refractivity contribution in [1.82, 2.24) is 5.32 Å². The first-order valence-electron chi connectivity index (χ1n) is 6.17. The number of ether oxygens (including phenoxy) is 1. The van der Waals surface area contributed by atoms with Crippen molar-refractivity contribution in [2.24, 2.45) is 5.41 Å². The highest BCUT2D eigenvalue weighted by atomic mass is 16.5. The lowest BCUT2D eigenvalue weighted by molar-refractivity contribution is -0.146. The van der Waals surface area contributed by atoms with E-state index in [0.29, 0.717) is 11.4 Å². The van der Waals surface area contributed by atoms with E-state index < -0.39 is 11.4 Å². The summed E-state index contributed by atoms with van der Waals surface area (Å²) in [4.78, 5) is 24.4. The van der Waals surface area contributed by atoms with Crippen LogP contribution in [0.15, 0.2) is 24.3 Å². The second-order valence-electron chi connectivity index (χ2n) is 5.08. The third-order valence-electron chi connectivity index (χ3n) is 3.01. The number of para-hydroxylation sites is 2. The van der Waals surface area contributed by atoms with Crippen molar-refractivity contribution in [2.45, 2.75) is 13.8 Å². The van der Waals surface area contributed by atoms with Crippen LogP contribution >= 0.6 is 0 Å². The van der Waals surface area contributed by atoms with E-state index >= 15 is 0 Å². The number of anilines is 1. The predicted molar refractivity (Wildman–Crippen MR) is 76.2 cm³/mol. The number of carbonyl (C=O) groups excluding carboxylic acids is 1. The molecular formula is C14H20N2O4. The summed E-state index contributed by atoms with van der Waals surface area (Å²) in [5.74, 6) is -0.389. The molecule has 1 aromatic rings. The molecule has 0 radical (unpaired) electrons. The Balaban J connectivity index is 2.75. The van der Waals surface area contributed by atoms with Gasteiger partial charge in [0.05, 0.1) is 18.2 Å². The summed E-state index contributed by atoms with van der Waals surface area (Å²) in [6, 6.07) is 6.72. The smallest absolute Gasteiger partial charge is 0.321 e. The van der Waals surface area contributed by atoms with Gasteiger partial charge in [-0.3, -0.25) is 9.69 Å². The van der Waals surface area contributed by atoms with E-state index in [2.05, 4.69) is 5.32 Å². The van der Waals surface area contributed by atoms with E-state index in [4.69, 9.17) is 9.84 Å². The van der Waals surface area contributed by atoms with Gasteiger partial charge < -0.3 is 15.2 Å². The molecule has 110 valence electrons. The van der Waals surface area contributed by atoms with Crippen LogP contribution in [0.3, 0.4) is 0 Å². The molecular weight excluding hydrogens is 260 g/mol. The number of rotatable bonds is 5. The van der Waals surface area contributed by atoms with E-state index in [1.54, 1.807) is 39.1 Å². The van der Waals surface area contributed by atoms with E-state index in [1.165, 1.54) is 12.0 Å². The molecule has 0 aliphatic heterocycles. The molecule has 2 N–H and O–H groups in total. The average Bonchev–Trinajstić information content (AvgIpc) is 2.43. The van der Waals surface area contributed by atoms with Gasteiger partial charge in [0, 0.05) is 13.6 Å². The van der Waals surface area contributed by atoms with Crippen LogP contribution in [0, 0.1) is 5.41 Å². The summed E-state index contributed by atoms with van der Waals surface area (Å²) in [7, 11) is 3.12. The van der Waals surface area contributed by atoms with Crippen molar-refractivity contribution in [3.63, 3.8) is 0 Å². The van der Waals surface area contributed by atoms with E-state index in [0.717, 1.165) is 0 Å². The maximum atomic E-state index is 12.0. The summed E-state index contributed by atoms with van der Waals surface area (Å²) < 4.78 is 5.18. The molecule has 0 fully saturated rings. The summed E-state index contributed by atoms with van der Waals surface area (Å²) in [5.41, 5.74) is -0.405. The highest BCUT2D eigenvalue weighted by Crippen LogP contribution is 2.26. The summed E-state index contributed by atoms with van der Waals surface area (Å²) in [6.45, 7) is 3.15. The molecule has 0 unspecified atom stereocenters. The Labute approximate surface area is 118 Å². The first-order chi connectivity index (χ1) is 9.29. The standard InChI is InChI=1S/C14H20N2O4/c1-14(2,12(17)18)9-15-13(19)16(3)10-7-5-6-8-11(10)20-4/h5-8H,9H2,1-4H3,(H,15,19)(H,17,18). The zero-order valence-corrected chi connectivity index (χ0v) is 12.1. The largest absolute Gasteiger partial charge is 0.495 e. The number of aliphatic carboxylic acids is 1. The number of benzene rings is 1. The zero-order chi connectivity index (χ0) is 15.3. The van der Waals surface area contributed by atoms with Crippen LogP contribution in [0.2, 0.25) is 0 Å². The summed E-state index contributed by atoms with van der Waals surface area (Å²) in [5, 5.41) is 11.6. The lowest BCUT2D eigenvalue weighted by Crippen LogP contribution is -2.44. The molecule has 6 nitrogen and oxygen atoms in total. The Morgan fingerprint density at radius 2 is 1.95 bits per heavy atom. The van der Waals surface area contributed by atoms with Crippen molar-refractivity contribution in [2.75, 3.05) is 25.6 Å². The number of carboxylic acid groups (broad SMARTS) is 1. The fourth-order valence-electron chi connectivity index (χ4n) is 1.51. The van der Waals surface area contributed by atoms with Gasteiger partial charge in [-0.2, -0.15) is 0 Å². The normalized spacial score (nSPS) is 10.8.